The lowest BCUT2D eigenvalue weighted by molar-refractivity contribution is 0.0681. The highest BCUT2D eigenvalue weighted by Gasteiger charge is 2.12. The number of carboxylic acids is 1. The Morgan fingerprint density at radius 1 is 1.86 bits per heavy atom. The lowest BCUT2D eigenvalue weighted by Crippen LogP contribution is -2.05. The molecule has 0 aliphatic heterocycles. The molecule has 14 heavy (non-hydrogen) atoms. The van der Waals surface area contributed by atoms with Gasteiger partial charge in [0.2, 0.25) is 0 Å². The molecule has 0 aliphatic carbocycles. The van der Waals surface area contributed by atoms with E-state index >= 15 is 0 Å². The van der Waals surface area contributed by atoms with Crippen molar-refractivity contribution in [3.63, 3.8) is 0 Å². The molecular formula is C8H11N3O3. The van der Waals surface area contributed by atoms with E-state index in [0.717, 1.165) is 0 Å². The van der Waals surface area contributed by atoms with Crippen LogP contribution in [-0.4, -0.2) is 27.5 Å². The third-order valence-corrected chi connectivity index (χ3v) is 1.45. The second kappa shape index (κ2) is 4.43. The van der Waals surface area contributed by atoms with Crippen LogP contribution in [0.1, 0.15) is 10.5 Å². The summed E-state index contributed by atoms with van der Waals surface area (Å²) in [5, 5.41) is 12.4. The number of aromatic nitrogens is 2. The predicted octanol–water partition coefficient (Wildman–Crippen LogP) is 0.324. The number of nitrogens with zero attached hydrogens (tertiary/aromatic N) is 2. The summed E-state index contributed by atoms with van der Waals surface area (Å²) >= 11 is 0. The summed E-state index contributed by atoms with van der Waals surface area (Å²) in [5.74, 6) is -1.15. The molecule has 6 heteroatoms. The van der Waals surface area contributed by atoms with Crippen LogP contribution in [0.25, 0.3) is 0 Å². The number of carboxylic acid groups (broad SMARTS) is 1. The van der Waals surface area contributed by atoms with Crippen molar-refractivity contribution in [3.8, 4) is 0 Å². The highest BCUT2D eigenvalue weighted by Crippen LogP contribution is 2.08. The minimum absolute atomic E-state index is 0.125. The van der Waals surface area contributed by atoms with E-state index in [4.69, 9.17) is 15.6 Å². The minimum Gasteiger partial charge on any atom is -0.476 e. The average Bonchev–Trinajstić information content (AvgIpc) is 2.47. The SMILES string of the molecule is C=CCOCn1cc(N)c(C(=O)O)n1. The molecule has 76 valence electrons. The number of rotatable bonds is 5. The van der Waals surface area contributed by atoms with Crippen molar-refractivity contribution in [2.75, 3.05) is 12.3 Å². The number of carbonyl (C=O) groups is 1. The number of ether oxygens (including phenoxy) is 1. The van der Waals surface area contributed by atoms with E-state index < -0.39 is 5.97 Å². The van der Waals surface area contributed by atoms with Gasteiger partial charge in [0.05, 0.1) is 18.5 Å². The molecule has 0 bridgehead atoms. The zero-order chi connectivity index (χ0) is 10.6. The standard InChI is InChI=1S/C8H11N3O3/c1-2-3-14-5-11-4-6(9)7(10-11)8(12)13/h2,4H,1,3,5,9H2,(H,12,13). The number of hydrogen-bond acceptors (Lipinski definition) is 4. The Kier molecular flexibility index (Phi) is 3.24. The molecular weight excluding hydrogens is 186 g/mol. The van der Waals surface area contributed by atoms with Gasteiger partial charge in [-0.05, 0) is 0 Å². The van der Waals surface area contributed by atoms with Gasteiger partial charge in [0.1, 0.15) is 6.73 Å². The van der Waals surface area contributed by atoms with E-state index in [1.807, 2.05) is 0 Å². The first-order chi connectivity index (χ1) is 6.65. The van der Waals surface area contributed by atoms with Crippen LogP contribution in [0, 0.1) is 0 Å². The molecule has 0 amide bonds. The normalized spacial score (nSPS) is 10.0. The lowest BCUT2D eigenvalue weighted by Gasteiger charge is -1.99. The van der Waals surface area contributed by atoms with Gasteiger partial charge in [-0.15, -0.1) is 6.58 Å². The Hall–Kier alpha value is -1.82. The molecule has 1 heterocycles. The minimum atomic E-state index is -1.15. The summed E-state index contributed by atoms with van der Waals surface area (Å²) in [4.78, 5) is 10.6. The van der Waals surface area contributed by atoms with Gasteiger partial charge in [-0.25, -0.2) is 9.48 Å². The first-order valence-corrected chi connectivity index (χ1v) is 3.90. The molecule has 0 fully saturated rings. The van der Waals surface area contributed by atoms with E-state index in [-0.39, 0.29) is 18.1 Å². The van der Waals surface area contributed by atoms with Crippen molar-refractivity contribution < 1.29 is 14.6 Å². The van der Waals surface area contributed by atoms with Crippen LogP contribution >= 0.6 is 0 Å². The summed E-state index contributed by atoms with van der Waals surface area (Å²) in [7, 11) is 0. The molecule has 0 unspecified atom stereocenters. The topological polar surface area (TPSA) is 90.4 Å². The van der Waals surface area contributed by atoms with Crippen LogP contribution < -0.4 is 5.73 Å². The van der Waals surface area contributed by atoms with Crippen molar-refractivity contribution in [2.45, 2.75) is 6.73 Å². The fourth-order valence-corrected chi connectivity index (χ4v) is 0.899. The maximum Gasteiger partial charge on any atom is 0.358 e. The van der Waals surface area contributed by atoms with Crippen LogP contribution in [-0.2, 0) is 11.5 Å². The van der Waals surface area contributed by atoms with E-state index in [1.54, 1.807) is 6.08 Å². The molecule has 0 saturated carbocycles. The Balaban J connectivity index is 2.66. The van der Waals surface area contributed by atoms with Gasteiger partial charge in [-0.3, -0.25) is 0 Å². The van der Waals surface area contributed by atoms with Crippen molar-refractivity contribution >= 4 is 11.7 Å². The van der Waals surface area contributed by atoms with Gasteiger partial charge < -0.3 is 15.6 Å². The van der Waals surface area contributed by atoms with Crippen LogP contribution in [0.5, 0.6) is 0 Å². The number of hydrogen-bond donors (Lipinski definition) is 2. The molecule has 1 aromatic rings. The average molecular weight is 197 g/mol. The maximum absolute atomic E-state index is 10.6. The van der Waals surface area contributed by atoms with Crippen molar-refractivity contribution in [3.05, 3.63) is 24.5 Å². The van der Waals surface area contributed by atoms with Crippen molar-refractivity contribution in [1.82, 2.24) is 9.78 Å². The molecule has 1 aromatic heterocycles. The molecule has 0 saturated heterocycles. The number of nitrogens with two attached hydrogens (primary N) is 1. The van der Waals surface area contributed by atoms with Gasteiger partial charge in [-0.2, -0.15) is 5.10 Å². The van der Waals surface area contributed by atoms with Gasteiger partial charge >= 0.3 is 5.97 Å². The maximum atomic E-state index is 10.6. The van der Waals surface area contributed by atoms with E-state index in [9.17, 15) is 4.79 Å². The molecule has 0 atom stereocenters. The first-order valence-electron chi connectivity index (χ1n) is 3.90. The van der Waals surface area contributed by atoms with Crippen LogP contribution in [0.3, 0.4) is 0 Å². The largest absolute Gasteiger partial charge is 0.476 e. The van der Waals surface area contributed by atoms with E-state index in [1.165, 1.54) is 10.9 Å². The lowest BCUT2D eigenvalue weighted by atomic mass is 10.4. The second-order valence-corrected chi connectivity index (χ2v) is 2.57. The van der Waals surface area contributed by atoms with Gasteiger partial charge in [0.15, 0.2) is 5.69 Å². The Morgan fingerprint density at radius 2 is 2.57 bits per heavy atom. The van der Waals surface area contributed by atoms with Crippen LogP contribution in [0.4, 0.5) is 5.69 Å². The second-order valence-electron chi connectivity index (χ2n) is 2.57. The summed E-state index contributed by atoms with van der Waals surface area (Å²) in [6, 6.07) is 0. The summed E-state index contributed by atoms with van der Waals surface area (Å²) in [5.41, 5.74) is 5.37. The third kappa shape index (κ3) is 2.33. The highest BCUT2D eigenvalue weighted by molar-refractivity contribution is 5.90. The molecule has 0 radical (unpaired) electrons. The monoisotopic (exact) mass is 197 g/mol. The van der Waals surface area contributed by atoms with E-state index in [2.05, 4.69) is 11.7 Å². The Labute approximate surface area is 80.6 Å². The predicted molar refractivity (Wildman–Crippen MR) is 49.7 cm³/mol. The fraction of sp³-hybridized carbons (Fsp3) is 0.250. The third-order valence-electron chi connectivity index (χ3n) is 1.45. The van der Waals surface area contributed by atoms with Crippen molar-refractivity contribution in [1.29, 1.82) is 0 Å². The quantitative estimate of drug-likeness (QED) is 0.524. The number of anilines is 1. The van der Waals surface area contributed by atoms with Gasteiger partial charge in [0, 0.05) is 0 Å². The highest BCUT2D eigenvalue weighted by atomic mass is 16.5. The van der Waals surface area contributed by atoms with Crippen LogP contribution in [0.2, 0.25) is 0 Å². The molecule has 0 spiro atoms. The summed E-state index contributed by atoms with van der Waals surface area (Å²) in [6.45, 7) is 4.00. The van der Waals surface area contributed by atoms with Gasteiger partial charge in [0.25, 0.3) is 0 Å². The number of nitrogen functional groups attached to an aromatic ring is 1. The van der Waals surface area contributed by atoms with Crippen molar-refractivity contribution in [2.24, 2.45) is 0 Å². The first kappa shape index (κ1) is 10.3. The molecule has 0 aliphatic rings. The molecule has 3 N–H and O–H groups in total. The smallest absolute Gasteiger partial charge is 0.358 e. The summed E-state index contributed by atoms with van der Waals surface area (Å²) in [6.07, 6.45) is 3.00. The molecule has 1 rings (SSSR count). The summed E-state index contributed by atoms with van der Waals surface area (Å²) < 4.78 is 6.37. The Morgan fingerprint density at radius 3 is 3.07 bits per heavy atom. The zero-order valence-corrected chi connectivity index (χ0v) is 7.51. The fourth-order valence-electron chi connectivity index (χ4n) is 0.899. The zero-order valence-electron chi connectivity index (χ0n) is 7.51. The van der Waals surface area contributed by atoms with Gasteiger partial charge in [-0.1, -0.05) is 6.08 Å². The molecule has 6 nitrogen and oxygen atoms in total. The molecule has 0 aromatic carbocycles. The number of aromatic carboxylic acids is 1. The Bertz CT molecular complexity index is 346. The van der Waals surface area contributed by atoms with Crippen LogP contribution in [0.15, 0.2) is 18.9 Å². The van der Waals surface area contributed by atoms with E-state index in [0.29, 0.717) is 6.61 Å².